The van der Waals surface area contributed by atoms with Gasteiger partial charge in [-0.3, -0.25) is 0 Å². The van der Waals surface area contributed by atoms with Crippen molar-refractivity contribution in [3.05, 3.63) is 179 Å². The molecule has 316 valence electrons. The standard InChI is InChI=1S/C48H52O12/c1-52-47-44(42(40(50)38(27-49)57-47)55-30-35-21-11-4-12-22-35)60-48-45(59-46(51)37-25-15-6-16-26-37)43(56-31-36-23-13-5-14-24-36)41(54-29-34-19-9-3-10-20-34)39(58-48)32-53-28-33-17-7-2-8-18-33/h2-26,38-45,47-50H,27-32H2,1H3/t38-,39-,40+,41-,42+,43+,44-,45-,47-,48+/m1/s1. The highest BCUT2D eigenvalue weighted by Gasteiger charge is 2.54. The first-order valence-electron chi connectivity index (χ1n) is 20.1. The minimum absolute atomic E-state index is 0.0385. The Labute approximate surface area is 350 Å². The average Bonchev–Trinajstić information content (AvgIpc) is 3.30. The summed E-state index contributed by atoms with van der Waals surface area (Å²) in [5, 5.41) is 21.8. The number of benzene rings is 5. The van der Waals surface area contributed by atoms with Crippen molar-refractivity contribution in [1.82, 2.24) is 0 Å². The predicted octanol–water partition coefficient (Wildman–Crippen LogP) is 6.02. The van der Waals surface area contributed by atoms with Crippen molar-refractivity contribution in [2.75, 3.05) is 20.3 Å². The lowest BCUT2D eigenvalue weighted by Gasteiger charge is -2.49. The monoisotopic (exact) mass is 820 g/mol. The van der Waals surface area contributed by atoms with E-state index in [1.54, 1.807) is 30.3 Å². The summed E-state index contributed by atoms with van der Waals surface area (Å²) in [7, 11) is 1.43. The van der Waals surface area contributed by atoms with E-state index in [9.17, 15) is 15.0 Å². The third-order valence-corrected chi connectivity index (χ3v) is 10.4. The van der Waals surface area contributed by atoms with Gasteiger partial charge in [0.05, 0.1) is 45.2 Å². The molecule has 10 atom stereocenters. The Morgan fingerprint density at radius 2 is 0.983 bits per heavy atom. The van der Waals surface area contributed by atoms with Gasteiger partial charge in [-0.2, -0.15) is 0 Å². The van der Waals surface area contributed by atoms with Crippen LogP contribution in [0.25, 0.3) is 0 Å². The number of carbonyl (C=O) groups excluding carboxylic acids is 1. The maximum atomic E-state index is 14.0. The largest absolute Gasteiger partial charge is 0.450 e. The van der Waals surface area contributed by atoms with Gasteiger partial charge in [0.15, 0.2) is 18.7 Å². The second kappa shape index (κ2) is 22.1. The van der Waals surface area contributed by atoms with Crippen molar-refractivity contribution in [2.45, 2.75) is 87.8 Å². The van der Waals surface area contributed by atoms with E-state index in [1.165, 1.54) is 7.11 Å². The molecule has 0 aliphatic carbocycles. The van der Waals surface area contributed by atoms with Gasteiger partial charge in [-0.25, -0.2) is 4.79 Å². The van der Waals surface area contributed by atoms with Gasteiger partial charge < -0.3 is 52.8 Å². The summed E-state index contributed by atoms with van der Waals surface area (Å²) in [5.74, 6) is -0.646. The van der Waals surface area contributed by atoms with Crippen molar-refractivity contribution in [1.29, 1.82) is 0 Å². The van der Waals surface area contributed by atoms with Crippen LogP contribution in [0.3, 0.4) is 0 Å². The summed E-state index contributed by atoms with van der Waals surface area (Å²) < 4.78 is 58.0. The van der Waals surface area contributed by atoms with E-state index in [1.807, 2.05) is 121 Å². The maximum absolute atomic E-state index is 14.0. The number of hydrogen-bond donors (Lipinski definition) is 2. The number of esters is 1. The lowest BCUT2D eigenvalue weighted by Crippen LogP contribution is -2.66. The molecular formula is C48H52O12. The summed E-state index contributed by atoms with van der Waals surface area (Å²) in [6.07, 6.45) is -11.1. The fourth-order valence-corrected chi connectivity index (χ4v) is 7.29. The van der Waals surface area contributed by atoms with Gasteiger partial charge in [-0.15, -0.1) is 0 Å². The van der Waals surface area contributed by atoms with E-state index < -0.39 is 74.0 Å². The highest BCUT2D eigenvalue weighted by atomic mass is 16.8. The van der Waals surface area contributed by atoms with Crippen molar-refractivity contribution >= 4 is 5.97 Å². The zero-order valence-electron chi connectivity index (χ0n) is 33.4. The molecule has 2 aliphatic rings. The van der Waals surface area contributed by atoms with E-state index in [4.69, 9.17) is 42.6 Å². The summed E-state index contributed by atoms with van der Waals surface area (Å²) >= 11 is 0. The normalized spacial score (nSPS) is 26.6. The number of aliphatic hydroxyl groups is 2. The molecule has 0 unspecified atom stereocenters. The Morgan fingerprint density at radius 1 is 0.533 bits per heavy atom. The van der Waals surface area contributed by atoms with E-state index in [0.29, 0.717) is 5.56 Å². The first-order chi connectivity index (χ1) is 29.5. The minimum Gasteiger partial charge on any atom is -0.450 e. The lowest BCUT2D eigenvalue weighted by atomic mass is 9.96. The molecule has 5 aromatic carbocycles. The molecule has 7 rings (SSSR count). The van der Waals surface area contributed by atoms with E-state index in [2.05, 4.69) is 0 Å². The third kappa shape index (κ3) is 11.5. The van der Waals surface area contributed by atoms with Crippen LogP contribution in [0.1, 0.15) is 32.6 Å². The first-order valence-corrected chi connectivity index (χ1v) is 20.1. The molecule has 60 heavy (non-hydrogen) atoms. The fourth-order valence-electron chi connectivity index (χ4n) is 7.29. The first kappa shape index (κ1) is 43.3. The Morgan fingerprint density at radius 3 is 1.48 bits per heavy atom. The van der Waals surface area contributed by atoms with Crippen LogP contribution >= 0.6 is 0 Å². The number of hydrogen-bond acceptors (Lipinski definition) is 12. The maximum Gasteiger partial charge on any atom is 0.338 e. The van der Waals surface area contributed by atoms with Gasteiger partial charge in [0.25, 0.3) is 0 Å². The summed E-state index contributed by atoms with van der Waals surface area (Å²) in [6, 6.07) is 47.1. The van der Waals surface area contributed by atoms with Crippen molar-refractivity contribution in [2.24, 2.45) is 0 Å². The molecule has 0 amide bonds. The molecule has 12 heteroatoms. The van der Waals surface area contributed by atoms with Crippen LogP contribution in [0, 0.1) is 0 Å². The molecule has 2 fully saturated rings. The molecule has 2 N–H and O–H groups in total. The van der Waals surface area contributed by atoms with Gasteiger partial charge in [0.1, 0.15) is 42.7 Å². The van der Waals surface area contributed by atoms with E-state index in [0.717, 1.165) is 22.3 Å². The number of rotatable bonds is 19. The smallest absolute Gasteiger partial charge is 0.338 e. The van der Waals surface area contributed by atoms with Crippen LogP contribution in [0.5, 0.6) is 0 Å². The number of aliphatic hydroxyl groups excluding tert-OH is 2. The summed E-state index contributed by atoms with van der Waals surface area (Å²) in [4.78, 5) is 14.0. The highest BCUT2D eigenvalue weighted by molar-refractivity contribution is 5.89. The molecule has 0 radical (unpaired) electrons. The van der Waals surface area contributed by atoms with Crippen LogP contribution in [0.15, 0.2) is 152 Å². The predicted molar refractivity (Wildman–Crippen MR) is 219 cm³/mol. The molecule has 0 bridgehead atoms. The molecule has 0 saturated carbocycles. The van der Waals surface area contributed by atoms with Crippen molar-refractivity contribution in [3.8, 4) is 0 Å². The number of carbonyl (C=O) groups is 1. The average molecular weight is 821 g/mol. The zero-order valence-corrected chi connectivity index (χ0v) is 33.4. The molecule has 5 aromatic rings. The van der Waals surface area contributed by atoms with Gasteiger partial charge in [0, 0.05) is 7.11 Å². The van der Waals surface area contributed by atoms with Crippen molar-refractivity contribution < 1.29 is 57.6 Å². The Bertz CT molecular complexity index is 1970. The molecule has 2 heterocycles. The van der Waals surface area contributed by atoms with Gasteiger partial charge in [0.2, 0.25) is 0 Å². The molecule has 2 aliphatic heterocycles. The second-order valence-electron chi connectivity index (χ2n) is 14.6. The summed E-state index contributed by atoms with van der Waals surface area (Å²) in [6.45, 7) is 0.235. The molecule has 12 nitrogen and oxygen atoms in total. The second-order valence-corrected chi connectivity index (χ2v) is 14.6. The van der Waals surface area contributed by atoms with E-state index in [-0.39, 0.29) is 33.0 Å². The van der Waals surface area contributed by atoms with Crippen LogP contribution < -0.4 is 0 Å². The summed E-state index contributed by atoms with van der Waals surface area (Å²) in [5.41, 5.74) is 3.89. The van der Waals surface area contributed by atoms with Crippen LogP contribution in [-0.4, -0.2) is 97.9 Å². The minimum atomic E-state index is -1.37. The number of ether oxygens (including phenoxy) is 9. The molecular weight excluding hydrogens is 769 g/mol. The number of methoxy groups -OCH3 is 1. The zero-order chi connectivity index (χ0) is 41.5. The molecule has 0 aromatic heterocycles. The molecule has 0 spiro atoms. The lowest BCUT2D eigenvalue weighted by molar-refractivity contribution is -0.373. The van der Waals surface area contributed by atoms with E-state index >= 15 is 0 Å². The Balaban J connectivity index is 1.26. The van der Waals surface area contributed by atoms with Crippen molar-refractivity contribution in [3.63, 3.8) is 0 Å². The van der Waals surface area contributed by atoms with Gasteiger partial charge >= 0.3 is 5.97 Å². The van der Waals surface area contributed by atoms with Crippen LogP contribution in [0.2, 0.25) is 0 Å². The fraction of sp³-hybridized carbons (Fsp3) is 0.354. The van der Waals surface area contributed by atoms with Gasteiger partial charge in [-0.1, -0.05) is 140 Å². The molecule has 2 saturated heterocycles. The topological polar surface area (TPSA) is 141 Å². The van der Waals surface area contributed by atoms with Crippen LogP contribution in [0.4, 0.5) is 0 Å². The Hall–Kier alpha value is -4.83. The van der Waals surface area contributed by atoms with Gasteiger partial charge in [-0.05, 0) is 34.4 Å². The third-order valence-electron chi connectivity index (χ3n) is 10.4. The van der Waals surface area contributed by atoms with Crippen LogP contribution in [-0.2, 0) is 69.1 Å². The quantitative estimate of drug-likeness (QED) is 0.0943. The Kier molecular flexibility index (Phi) is 16.0. The SMILES string of the molecule is CO[C@@H]1O[C@H](CO)[C@H](O)[C@H](OCc2ccccc2)[C@H]1O[C@@H]1O[C@H](COCc2ccccc2)[C@@H](OCc2ccccc2)[C@H](OCc2ccccc2)[C@H]1OC(=O)c1ccccc1. The highest BCUT2D eigenvalue weighted by Crippen LogP contribution is 2.35.